The monoisotopic (exact) mass is 345 g/mol. The molecule has 0 bridgehead atoms. The summed E-state index contributed by atoms with van der Waals surface area (Å²) < 4.78 is 2.08. The molecule has 1 aliphatic carbocycles. The van der Waals surface area contributed by atoms with E-state index in [-0.39, 0.29) is 11.9 Å². The van der Waals surface area contributed by atoms with E-state index in [1.165, 1.54) is 11.3 Å². The summed E-state index contributed by atoms with van der Waals surface area (Å²) in [5, 5.41) is 7.81. The predicted octanol–water partition coefficient (Wildman–Crippen LogP) is 4.05. The molecule has 26 heavy (non-hydrogen) atoms. The van der Waals surface area contributed by atoms with Gasteiger partial charge in [-0.05, 0) is 43.9 Å². The second kappa shape index (κ2) is 7.16. The predicted molar refractivity (Wildman–Crippen MR) is 102 cm³/mol. The quantitative estimate of drug-likeness (QED) is 0.775. The molecule has 0 saturated carbocycles. The Labute approximate surface area is 153 Å². The molecule has 1 unspecified atom stereocenters. The van der Waals surface area contributed by atoms with Gasteiger partial charge in [-0.1, -0.05) is 48.0 Å². The van der Waals surface area contributed by atoms with Crippen molar-refractivity contribution in [3.63, 3.8) is 0 Å². The van der Waals surface area contributed by atoms with E-state index < -0.39 is 0 Å². The summed E-state index contributed by atoms with van der Waals surface area (Å²) in [5.41, 5.74) is 5.46. The zero-order chi connectivity index (χ0) is 17.9. The number of benzene rings is 2. The first-order chi connectivity index (χ1) is 12.7. The van der Waals surface area contributed by atoms with Crippen LogP contribution in [0.25, 0.3) is 0 Å². The summed E-state index contributed by atoms with van der Waals surface area (Å²) in [5.74, 6) is -0.0117. The van der Waals surface area contributed by atoms with Crippen LogP contribution in [0.1, 0.15) is 51.6 Å². The van der Waals surface area contributed by atoms with Crippen LogP contribution >= 0.6 is 0 Å². The molecule has 0 fully saturated rings. The summed E-state index contributed by atoms with van der Waals surface area (Å²) in [6, 6.07) is 18.1. The third-order valence-electron chi connectivity index (χ3n) is 5.02. The van der Waals surface area contributed by atoms with Crippen LogP contribution in [-0.4, -0.2) is 15.7 Å². The fraction of sp³-hybridized carbons (Fsp3) is 0.273. The average molecular weight is 345 g/mol. The Morgan fingerprint density at radius 2 is 2.04 bits per heavy atom. The lowest BCUT2D eigenvalue weighted by Crippen LogP contribution is -2.31. The summed E-state index contributed by atoms with van der Waals surface area (Å²) in [6.07, 6.45) is 4.96. The third kappa shape index (κ3) is 3.40. The van der Waals surface area contributed by atoms with Crippen molar-refractivity contribution in [2.24, 2.45) is 0 Å². The molecule has 4 nitrogen and oxygen atoms in total. The van der Waals surface area contributed by atoms with Gasteiger partial charge in [0.05, 0.1) is 18.8 Å². The maximum absolute atomic E-state index is 12.6. The first kappa shape index (κ1) is 16.6. The van der Waals surface area contributed by atoms with Crippen molar-refractivity contribution >= 4 is 5.91 Å². The molecule has 1 aliphatic rings. The highest BCUT2D eigenvalue weighted by atomic mass is 16.1. The Kier molecular flexibility index (Phi) is 4.57. The SMILES string of the molecule is Cc1cccc(C(=O)NC2CCCc3c2cnn3Cc2ccccc2)c1. The van der Waals surface area contributed by atoms with Crippen LogP contribution in [0.4, 0.5) is 0 Å². The number of fused-ring (bicyclic) bond motifs is 1. The van der Waals surface area contributed by atoms with Crippen molar-refractivity contribution in [2.75, 3.05) is 0 Å². The van der Waals surface area contributed by atoms with Crippen molar-refractivity contribution < 1.29 is 4.79 Å². The number of aryl methyl sites for hydroxylation is 1. The van der Waals surface area contributed by atoms with Crippen LogP contribution in [0, 0.1) is 6.92 Å². The van der Waals surface area contributed by atoms with E-state index in [2.05, 4.69) is 39.4 Å². The lowest BCUT2D eigenvalue weighted by molar-refractivity contribution is 0.0932. The Hall–Kier alpha value is -2.88. The van der Waals surface area contributed by atoms with Gasteiger partial charge < -0.3 is 5.32 Å². The molecule has 1 heterocycles. The van der Waals surface area contributed by atoms with Crippen LogP contribution in [0.3, 0.4) is 0 Å². The Morgan fingerprint density at radius 1 is 1.19 bits per heavy atom. The highest BCUT2D eigenvalue weighted by Crippen LogP contribution is 2.30. The zero-order valence-electron chi connectivity index (χ0n) is 15.0. The minimum atomic E-state index is -0.0117. The normalized spacial score (nSPS) is 16.1. The van der Waals surface area contributed by atoms with Gasteiger partial charge in [-0.25, -0.2) is 0 Å². The van der Waals surface area contributed by atoms with Crippen LogP contribution in [0.15, 0.2) is 60.8 Å². The zero-order valence-corrected chi connectivity index (χ0v) is 15.0. The van der Waals surface area contributed by atoms with E-state index in [9.17, 15) is 4.79 Å². The molecule has 1 aromatic heterocycles. The first-order valence-corrected chi connectivity index (χ1v) is 9.17. The van der Waals surface area contributed by atoms with E-state index in [0.717, 1.165) is 36.9 Å². The minimum Gasteiger partial charge on any atom is -0.345 e. The van der Waals surface area contributed by atoms with Crippen molar-refractivity contribution in [1.29, 1.82) is 0 Å². The summed E-state index contributed by atoms with van der Waals surface area (Å²) in [4.78, 5) is 12.6. The molecule has 1 N–H and O–H groups in total. The minimum absolute atomic E-state index is 0.0117. The number of nitrogens with zero attached hydrogens (tertiary/aromatic N) is 2. The summed E-state index contributed by atoms with van der Waals surface area (Å²) >= 11 is 0. The lowest BCUT2D eigenvalue weighted by Gasteiger charge is -2.24. The van der Waals surface area contributed by atoms with Crippen LogP contribution in [0.2, 0.25) is 0 Å². The number of amides is 1. The number of nitrogens with one attached hydrogen (secondary N) is 1. The molecule has 0 spiro atoms. The van der Waals surface area contributed by atoms with E-state index >= 15 is 0 Å². The molecular formula is C22H23N3O. The highest BCUT2D eigenvalue weighted by Gasteiger charge is 2.26. The number of carbonyl (C=O) groups excluding carboxylic acids is 1. The second-order valence-corrected chi connectivity index (χ2v) is 6.98. The van der Waals surface area contributed by atoms with E-state index in [4.69, 9.17) is 0 Å². The number of hydrogen-bond acceptors (Lipinski definition) is 2. The Bertz CT molecular complexity index is 914. The van der Waals surface area contributed by atoms with Gasteiger partial charge in [-0.2, -0.15) is 5.10 Å². The maximum Gasteiger partial charge on any atom is 0.251 e. The molecule has 0 aliphatic heterocycles. The number of rotatable bonds is 4. The van der Waals surface area contributed by atoms with Crippen molar-refractivity contribution in [3.8, 4) is 0 Å². The van der Waals surface area contributed by atoms with Gasteiger partial charge >= 0.3 is 0 Å². The number of carbonyl (C=O) groups is 1. The topological polar surface area (TPSA) is 46.9 Å². The van der Waals surface area contributed by atoms with Gasteiger partial charge in [-0.3, -0.25) is 9.48 Å². The average Bonchev–Trinajstić information content (AvgIpc) is 3.06. The molecule has 1 amide bonds. The number of hydrogen-bond donors (Lipinski definition) is 1. The van der Waals surface area contributed by atoms with Crippen molar-refractivity contribution in [2.45, 2.75) is 38.8 Å². The van der Waals surface area contributed by atoms with Gasteiger partial charge in [0.1, 0.15) is 0 Å². The molecule has 0 saturated heterocycles. The lowest BCUT2D eigenvalue weighted by atomic mass is 9.92. The first-order valence-electron chi connectivity index (χ1n) is 9.17. The van der Waals surface area contributed by atoms with E-state index in [1.807, 2.05) is 43.5 Å². The third-order valence-corrected chi connectivity index (χ3v) is 5.02. The highest BCUT2D eigenvalue weighted by molar-refractivity contribution is 5.94. The van der Waals surface area contributed by atoms with Gasteiger partial charge in [0.25, 0.3) is 5.91 Å². The smallest absolute Gasteiger partial charge is 0.251 e. The van der Waals surface area contributed by atoms with Gasteiger partial charge in [0.15, 0.2) is 0 Å². The fourth-order valence-corrected chi connectivity index (χ4v) is 3.69. The maximum atomic E-state index is 12.6. The summed E-state index contributed by atoms with van der Waals surface area (Å²) in [7, 11) is 0. The standard InChI is InChI=1S/C22H23N3O/c1-16-7-5-10-18(13-16)22(26)24-20-11-6-12-21-19(20)14-23-25(21)15-17-8-3-2-4-9-17/h2-5,7-10,13-14,20H,6,11-12,15H2,1H3,(H,24,26). The fourth-order valence-electron chi connectivity index (χ4n) is 3.69. The molecule has 4 heteroatoms. The summed E-state index contributed by atoms with van der Waals surface area (Å²) in [6.45, 7) is 2.78. The molecule has 4 rings (SSSR count). The largest absolute Gasteiger partial charge is 0.345 e. The van der Waals surface area contributed by atoms with Crippen LogP contribution in [0.5, 0.6) is 0 Å². The van der Waals surface area contributed by atoms with E-state index in [0.29, 0.717) is 5.56 Å². The second-order valence-electron chi connectivity index (χ2n) is 6.98. The van der Waals surface area contributed by atoms with Gasteiger partial charge in [-0.15, -0.1) is 0 Å². The van der Waals surface area contributed by atoms with E-state index in [1.54, 1.807) is 0 Å². The Morgan fingerprint density at radius 3 is 2.85 bits per heavy atom. The molecule has 2 aromatic carbocycles. The molecule has 3 aromatic rings. The molecule has 1 atom stereocenters. The van der Waals surface area contributed by atoms with Crippen LogP contribution in [-0.2, 0) is 13.0 Å². The van der Waals surface area contributed by atoms with Gasteiger partial charge in [0.2, 0.25) is 0 Å². The molecule has 0 radical (unpaired) electrons. The number of aromatic nitrogens is 2. The Balaban J connectivity index is 1.53. The van der Waals surface area contributed by atoms with Crippen LogP contribution < -0.4 is 5.32 Å². The molecular weight excluding hydrogens is 322 g/mol. The van der Waals surface area contributed by atoms with Crippen molar-refractivity contribution in [3.05, 3.63) is 88.7 Å². The molecule has 132 valence electrons. The van der Waals surface area contributed by atoms with Gasteiger partial charge in [0, 0.05) is 16.8 Å². The van der Waals surface area contributed by atoms with Crippen molar-refractivity contribution in [1.82, 2.24) is 15.1 Å².